The van der Waals surface area contributed by atoms with Crippen molar-refractivity contribution in [1.82, 2.24) is 4.98 Å². The average molecular weight is 201 g/mol. The molecule has 1 N–H and O–H groups in total. The molecule has 1 aromatic carbocycles. The average Bonchev–Trinajstić information content (AvgIpc) is 2.07. The molecule has 2 rings (SSSR count). The smallest absolute Gasteiger partial charge is 0.436 e. The van der Waals surface area contributed by atoms with Crippen molar-refractivity contribution in [3.63, 3.8) is 0 Å². The summed E-state index contributed by atoms with van der Waals surface area (Å²) in [5.41, 5.74) is -0.313. The standard InChI is InChI=1S/C9H5FNO.K/c10-7-2-1-6-3-4-11-9(12)8(6)5-7;/h1-3,5H,(H,11,12);/q-1;+1. The summed E-state index contributed by atoms with van der Waals surface area (Å²) >= 11 is 0. The minimum absolute atomic E-state index is 0. The Bertz CT molecular complexity index is 480. The quantitative estimate of drug-likeness (QED) is 0.407. The van der Waals surface area contributed by atoms with Crippen LogP contribution >= 0.6 is 0 Å². The third-order valence-electron chi connectivity index (χ3n) is 1.67. The summed E-state index contributed by atoms with van der Waals surface area (Å²) in [5, 5.41) is 1.05. The zero-order valence-corrected chi connectivity index (χ0v) is 10.2. The molecular formula is C9H5FKNO. The second-order valence-corrected chi connectivity index (χ2v) is 2.47. The predicted molar refractivity (Wildman–Crippen MR) is 43.4 cm³/mol. The molecule has 1 aromatic heterocycles. The van der Waals surface area contributed by atoms with E-state index in [1.807, 2.05) is 0 Å². The molecule has 0 aliphatic rings. The van der Waals surface area contributed by atoms with E-state index in [1.54, 1.807) is 12.1 Å². The molecule has 0 saturated carbocycles. The van der Waals surface area contributed by atoms with Crippen molar-refractivity contribution < 1.29 is 55.8 Å². The van der Waals surface area contributed by atoms with Crippen LogP contribution in [0.2, 0.25) is 0 Å². The molecule has 0 spiro atoms. The van der Waals surface area contributed by atoms with Crippen LogP contribution in [0.5, 0.6) is 0 Å². The van der Waals surface area contributed by atoms with E-state index in [9.17, 15) is 9.18 Å². The van der Waals surface area contributed by atoms with Gasteiger partial charge in [-0.2, -0.15) is 6.07 Å². The van der Waals surface area contributed by atoms with Crippen LogP contribution < -0.4 is 56.9 Å². The third kappa shape index (κ3) is 2.27. The molecule has 0 fully saturated rings. The van der Waals surface area contributed by atoms with Gasteiger partial charge in [0.2, 0.25) is 0 Å². The maximum absolute atomic E-state index is 12.7. The van der Waals surface area contributed by atoms with Gasteiger partial charge in [-0.25, -0.2) is 4.39 Å². The monoisotopic (exact) mass is 201 g/mol. The fourth-order valence-electron chi connectivity index (χ4n) is 1.10. The van der Waals surface area contributed by atoms with Gasteiger partial charge < -0.3 is 9.78 Å². The Balaban J connectivity index is 0.000000845. The second kappa shape index (κ2) is 4.48. The molecule has 0 bridgehead atoms. The van der Waals surface area contributed by atoms with E-state index in [-0.39, 0.29) is 56.9 Å². The first-order valence-electron chi connectivity index (χ1n) is 3.46. The van der Waals surface area contributed by atoms with Crippen LogP contribution in [-0.4, -0.2) is 4.98 Å². The van der Waals surface area contributed by atoms with Gasteiger partial charge in [0.05, 0.1) is 0 Å². The predicted octanol–water partition coefficient (Wildman–Crippen LogP) is -1.53. The van der Waals surface area contributed by atoms with E-state index in [1.165, 1.54) is 12.1 Å². The normalized spacial score (nSPS) is 9.62. The van der Waals surface area contributed by atoms with Gasteiger partial charge in [0.1, 0.15) is 11.4 Å². The van der Waals surface area contributed by atoms with Crippen LogP contribution in [0.3, 0.4) is 0 Å². The fourth-order valence-corrected chi connectivity index (χ4v) is 1.10. The Kier molecular flexibility index (Phi) is 3.82. The summed E-state index contributed by atoms with van der Waals surface area (Å²) in [4.78, 5) is 13.4. The summed E-state index contributed by atoms with van der Waals surface area (Å²) in [6, 6.07) is 5.68. The van der Waals surface area contributed by atoms with E-state index >= 15 is 0 Å². The number of H-pyrrole nitrogens is 1. The minimum Gasteiger partial charge on any atom is -0.436 e. The van der Waals surface area contributed by atoms with E-state index in [2.05, 4.69) is 11.2 Å². The number of pyridine rings is 1. The number of fused-ring (bicyclic) bond motifs is 1. The number of nitrogens with one attached hydrogen (secondary N) is 1. The Morgan fingerprint density at radius 2 is 2.15 bits per heavy atom. The minimum atomic E-state index is -0.404. The Hall–Kier alpha value is -0.00364. The number of benzene rings is 1. The summed E-state index contributed by atoms with van der Waals surface area (Å²) in [7, 11) is 0. The van der Waals surface area contributed by atoms with Gasteiger partial charge in [-0.15, -0.1) is 17.6 Å². The molecule has 0 unspecified atom stereocenters. The van der Waals surface area contributed by atoms with Gasteiger partial charge in [0.15, 0.2) is 0 Å². The fraction of sp³-hybridized carbons (Fsp3) is 0. The van der Waals surface area contributed by atoms with Crippen molar-refractivity contribution in [1.29, 1.82) is 0 Å². The Morgan fingerprint density at radius 1 is 1.38 bits per heavy atom. The summed E-state index contributed by atoms with van der Waals surface area (Å²) in [6.45, 7) is 0. The van der Waals surface area contributed by atoms with Crippen LogP contribution in [-0.2, 0) is 0 Å². The van der Waals surface area contributed by atoms with Gasteiger partial charge in [-0.3, -0.25) is 0 Å². The van der Waals surface area contributed by atoms with Crippen LogP contribution in [0.15, 0.2) is 29.1 Å². The SMILES string of the molecule is O=c1[nH][c-]cc2ccc(F)cc12.[K+]. The molecule has 0 saturated heterocycles. The third-order valence-corrected chi connectivity index (χ3v) is 1.67. The topological polar surface area (TPSA) is 32.9 Å². The van der Waals surface area contributed by atoms with Gasteiger partial charge >= 0.3 is 51.4 Å². The molecule has 2 aromatic rings. The first-order chi connectivity index (χ1) is 5.77. The molecule has 0 aliphatic heterocycles. The van der Waals surface area contributed by atoms with Crippen molar-refractivity contribution in [3.05, 3.63) is 46.6 Å². The molecule has 0 aliphatic carbocycles. The number of aromatic amines is 1. The molecule has 0 amide bonds. The van der Waals surface area contributed by atoms with Gasteiger partial charge in [0, 0.05) is 0 Å². The van der Waals surface area contributed by atoms with E-state index in [0.29, 0.717) is 10.8 Å². The van der Waals surface area contributed by atoms with Crippen molar-refractivity contribution in [3.8, 4) is 0 Å². The summed E-state index contributed by atoms with van der Waals surface area (Å²) < 4.78 is 12.7. The summed E-state index contributed by atoms with van der Waals surface area (Å²) in [5.74, 6) is -0.404. The Labute approximate surface area is 117 Å². The van der Waals surface area contributed by atoms with Crippen molar-refractivity contribution in [2.24, 2.45) is 0 Å². The van der Waals surface area contributed by atoms with Gasteiger partial charge in [-0.1, -0.05) is 5.39 Å². The zero-order chi connectivity index (χ0) is 8.55. The molecule has 0 atom stereocenters. The first kappa shape index (κ1) is 11.1. The van der Waals surface area contributed by atoms with Crippen LogP contribution in [0.1, 0.15) is 0 Å². The second-order valence-electron chi connectivity index (χ2n) is 2.47. The number of hydrogen-bond acceptors (Lipinski definition) is 1. The molecule has 13 heavy (non-hydrogen) atoms. The van der Waals surface area contributed by atoms with E-state index in [4.69, 9.17) is 0 Å². The maximum atomic E-state index is 12.7. The molecule has 4 heteroatoms. The molecule has 0 radical (unpaired) electrons. The van der Waals surface area contributed by atoms with E-state index in [0.717, 1.165) is 0 Å². The number of rotatable bonds is 0. The number of hydrogen-bond donors (Lipinski definition) is 1. The largest absolute Gasteiger partial charge is 1.00 e. The van der Waals surface area contributed by atoms with Gasteiger partial charge in [0.25, 0.3) is 0 Å². The van der Waals surface area contributed by atoms with Crippen LogP contribution in [0.25, 0.3) is 10.8 Å². The van der Waals surface area contributed by atoms with E-state index < -0.39 is 5.82 Å². The Morgan fingerprint density at radius 3 is 2.92 bits per heavy atom. The molecule has 1 heterocycles. The van der Waals surface area contributed by atoms with Crippen molar-refractivity contribution >= 4 is 10.8 Å². The van der Waals surface area contributed by atoms with Gasteiger partial charge in [-0.05, 0) is 12.1 Å². The molecular weight excluding hydrogens is 196 g/mol. The number of aromatic nitrogens is 1. The zero-order valence-electron chi connectivity index (χ0n) is 7.10. The first-order valence-corrected chi connectivity index (χ1v) is 3.46. The van der Waals surface area contributed by atoms with Crippen LogP contribution in [0, 0.1) is 12.0 Å². The number of halogens is 1. The molecule has 2 nitrogen and oxygen atoms in total. The van der Waals surface area contributed by atoms with Crippen LogP contribution in [0.4, 0.5) is 4.39 Å². The maximum Gasteiger partial charge on any atom is 1.00 e. The van der Waals surface area contributed by atoms with Crippen molar-refractivity contribution in [2.45, 2.75) is 0 Å². The summed E-state index contributed by atoms with van der Waals surface area (Å²) in [6.07, 6.45) is 2.56. The molecule has 60 valence electrons. The van der Waals surface area contributed by atoms with Crippen molar-refractivity contribution in [2.75, 3.05) is 0 Å².